The first-order chi connectivity index (χ1) is 7.15. The molecule has 0 radical (unpaired) electrons. The van der Waals surface area contributed by atoms with Crippen LogP contribution in [0, 0.1) is 6.92 Å². The zero-order chi connectivity index (χ0) is 10.8. The Bertz CT molecular complexity index is 493. The van der Waals surface area contributed by atoms with Crippen LogP contribution < -0.4 is 0 Å². The molecule has 78 valence electrons. The number of nitrogens with zero attached hydrogens (tertiary/aromatic N) is 3. The van der Waals surface area contributed by atoms with Gasteiger partial charge in [-0.2, -0.15) is 9.36 Å². The fraction of sp³-hybridized carbons (Fsp3) is 0.143. The van der Waals surface area contributed by atoms with E-state index in [0.29, 0.717) is 10.2 Å². The molecule has 0 aliphatic carbocycles. The van der Waals surface area contributed by atoms with E-state index in [9.17, 15) is 4.79 Å². The van der Waals surface area contributed by atoms with Crippen LogP contribution in [0.15, 0.2) is 20.2 Å². The number of hydrogen-bond donors (Lipinski definition) is 1. The Morgan fingerprint density at radius 2 is 2.40 bits per heavy atom. The van der Waals surface area contributed by atoms with Gasteiger partial charge in [0, 0.05) is 11.8 Å². The average molecular weight is 243 g/mol. The van der Waals surface area contributed by atoms with Crippen molar-refractivity contribution in [1.82, 2.24) is 14.3 Å². The molecule has 0 amide bonds. The minimum atomic E-state index is -1.11. The number of aromatic carboxylic acids is 1. The number of carbonyl (C=O) groups is 1. The summed E-state index contributed by atoms with van der Waals surface area (Å²) in [6.07, 6.45) is 1.10. The van der Waals surface area contributed by atoms with Crippen LogP contribution >= 0.6 is 23.3 Å². The third kappa shape index (κ3) is 2.34. The molecule has 0 saturated heterocycles. The molecule has 0 aliphatic rings. The van der Waals surface area contributed by atoms with Gasteiger partial charge in [0.1, 0.15) is 12.1 Å². The highest BCUT2D eigenvalue weighted by molar-refractivity contribution is 8.00. The van der Waals surface area contributed by atoms with E-state index in [1.165, 1.54) is 11.5 Å². The van der Waals surface area contributed by atoms with Crippen molar-refractivity contribution in [2.45, 2.75) is 16.5 Å². The first-order valence-electron chi connectivity index (χ1n) is 3.82. The molecule has 0 aromatic carbocycles. The second-order valence-electron chi connectivity index (χ2n) is 2.51. The van der Waals surface area contributed by atoms with E-state index in [4.69, 9.17) is 9.52 Å². The Kier molecular flexibility index (Phi) is 2.69. The molecule has 0 unspecified atom stereocenters. The number of carboxylic acids is 1. The molecular formula is C7H5N3O3S2. The summed E-state index contributed by atoms with van der Waals surface area (Å²) in [5.41, 5.74) is -0.112. The molecule has 15 heavy (non-hydrogen) atoms. The van der Waals surface area contributed by atoms with Crippen molar-refractivity contribution in [3.8, 4) is 0 Å². The molecule has 2 aromatic heterocycles. The van der Waals surface area contributed by atoms with Gasteiger partial charge in [-0.15, -0.1) is 0 Å². The summed E-state index contributed by atoms with van der Waals surface area (Å²) in [5, 5.41) is 8.86. The van der Waals surface area contributed by atoms with Crippen molar-refractivity contribution < 1.29 is 14.3 Å². The third-order valence-electron chi connectivity index (χ3n) is 1.39. The predicted molar refractivity (Wildman–Crippen MR) is 52.2 cm³/mol. The summed E-state index contributed by atoms with van der Waals surface area (Å²) in [5.74, 6) is -0.438. The second kappa shape index (κ2) is 3.99. The van der Waals surface area contributed by atoms with Gasteiger partial charge >= 0.3 is 5.97 Å². The van der Waals surface area contributed by atoms with E-state index in [1.807, 2.05) is 0 Å². The lowest BCUT2D eigenvalue weighted by molar-refractivity contribution is 0.0690. The van der Waals surface area contributed by atoms with Gasteiger partial charge in [0.2, 0.25) is 0 Å². The molecule has 0 spiro atoms. The topological polar surface area (TPSA) is 89.1 Å². The van der Waals surface area contributed by atoms with Crippen LogP contribution in [0.2, 0.25) is 0 Å². The van der Waals surface area contributed by atoms with Gasteiger partial charge in [-0.05, 0) is 18.5 Å². The monoisotopic (exact) mass is 243 g/mol. The SMILES string of the molecule is Cc1nsc(Sc2nc(C(=O)O)co2)n1. The molecule has 0 atom stereocenters. The Morgan fingerprint density at radius 3 is 2.93 bits per heavy atom. The molecule has 2 heterocycles. The van der Waals surface area contributed by atoms with E-state index in [1.54, 1.807) is 6.92 Å². The minimum Gasteiger partial charge on any atom is -0.476 e. The van der Waals surface area contributed by atoms with Crippen molar-refractivity contribution in [2.24, 2.45) is 0 Å². The zero-order valence-electron chi connectivity index (χ0n) is 7.50. The highest BCUT2D eigenvalue weighted by Crippen LogP contribution is 2.27. The van der Waals surface area contributed by atoms with Crippen LogP contribution in [-0.4, -0.2) is 25.4 Å². The quantitative estimate of drug-likeness (QED) is 0.877. The zero-order valence-corrected chi connectivity index (χ0v) is 9.13. The molecule has 6 nitrogen and oxygen atoms in total. The van der Waals surface area contributed by atoms with Crippen LogP contribution in [0.25, 0.3) is 0 Å². The third-order valence-corrected chi connectivity index (χ3v) is 3.09. The largest absolute Gasteiger partial charge is 0.476 e. The molecule has 0 saturated carbocycles. The first-order valence-corrected chi connectivity index (χ1v) is 5.41. The molecule has 8 heteroatoms. The second-order valence-corrected chi connectivity index (χ2v) is 4.46. The van der Waals surface area contributed by atoms with E-state index in [2.05, 4.69) is 14.3 Å². The molecular weight excluding hydrogens is 238 g/mol. The van der Waals surface area contributed by atoms with Gasteiger partial charge < -0.3 is 9.52 Å². The lowest BCUT2D eigenvalue weighted by Gasteiger charge is -1.86. The van der Waals surface area contributed by atoms with Crippen LogP contribution in [0.5, 0.6) is 0 Å². The number of rotatable bonds is 3. The molecule has 0 aliphatic heterocycles. The van der Waals surface area contributed by atoms with E-state index in [0.717, 1.165) is 18.0 Å². The van der Waals surface area contributed by atoms with Gasteiger partial charge in [-0.1, -0.05) is 0 Å². The smallest absolute Gasteiger partial charge is 0.357 e. The summed E-state index contributed by atoms with van der Waals surface area (Å²) < 4.78 is 9.60. The van der Waals surface area contributed by atoms with Crippen LogP contribution in [0.4, 0.5) is 0 Å². The number of oxazole rings is 1. The van der Waals surface area contributed by atoms with Crippen LogP contribution in [-0.2, 0) is 0 Å². The van der Waals surface area contributed by atoms with Crippen LogP contribution in [0.1, 0.15) is 16.3 Å². The molecule has 2 rings (SSSR count). The maximum absolute atomic E-state index is 10.5. The Labute approximate surface area is 92.5 Å². The molecule has 0 fully saturated rings. The highest BCUT2D eigenvalue weighted by Gasteiger charge is 2.13. The summed E-state index contributed by atoms with van der Waals surface area (Å²) in [6, 6.07) is 0. The van der Waals surface area contributed by atoms with Gasteiger partial charge in [0.25, 0.3) is 5.22 Å². The Balaban J connectivity index is 2.14. The summed E-state index contributed by atoms with van der Waals surface area (Å²) in [4.78, 5) is 18.3. The van der Waals surface area contributed by atoms with Crippen molar-refractivity contribution in [3.05, 3.63) is 17.8 Å². The Hall–Kier alpha value is -1.41. The van der Waals surface area contributed by atoms with E-state index < -0.39 is 5.97 Å². The van der Waals surface area contributed by atoms with E-state index in [-0.39, 0.29) is 10.9 Å². The first kappa shape index (κ1) is 10.1. The van der Waals surface area contributed by atoms with Gasteiger partial charge in [-0.25, -0.2) is 9.78 Å². The van der Waals surface area contributed by atoms with Crippen molar-refractivity contribution >= 4 is 29.3 Å². The number of carboxylic acid groups (broad SMARTS) is 1. The lowest BCUT2D eigenvalue weighted by atomic mass is 10.5. The summed E-state index contributed by atoms with van der Waals surface area (Å²) in [6.45, 7) is 1.78. The predicted octanol–water partition coefficient (Wildman–Crippen LogP) is 1.68. The van der Waals surface area contributed by atoms with Gasteiger partial charge in [0.05, 0.1) is 0 Å². The molecule has 0 bridgehead atoms. The van der Waals surface area contributed by atoms with Gasteiger partial charge in [-0.3, -0.25) is 0 Å². The van der Waals surface area contributed by atoms with Crippen molar-refractivity contribution in [2.75, 3.05) is 0 Å². The van der Waals surface area contributed by atoms with Crippen molar-refractivity contribution in [3.63, 3.8) is 0 Å². The maximum atomic E-state index is 10.5. The minimum absolute atomic E-state index is 0.112. The Morgan fingerprint density at radius 1 is 1.60 bits per heavy atom. The van der Waals surface area contributed by atoms with Gasteiger partial charge in [0.15, 0.2) is 10.0 Å². The molecule has 1 N–H and O–H groups in total. The molecule has 2 aromatic rings. The number of aryl methyl sites for hydroxylation is 1. The summed E-state index contributed by atoms with van der Waals surface area (Å²) >= 11 is 2.37. The average Bonchev–Trinajstić information content (AvgIpc) is 2.76. The fourth-order valence-electron chi connectivity index (χ4n) is 0.797. The van der Waals surface area contributed by atoms with Crippen LogP contribution in [0.3, 0.4) is 0 Å². The highest BCUT2D eigenvalue weighted by atomic mass is 32.2. The summed E-state index contributed by atoms with van der Waals surface area (Å²) in [7, 11) is 0. The maximum Gasteiger partial charge on any atom is 0.357 e. The number of hydrogen-bond acceptors (Lipinski definition) is 7. The fourth-order valence-corrected chi connectivity index (χ4v) is 2.26. The normalized spacial score (nSPS) is 10.5. The standard InChI is InChI=1S/C7H5N3O3S2/c1-3-8-7(15-10-3)14-6-9-4(2-13-6)5(11)12/h2H,1H3,(H,11,12). The number of aromatic nitrogens is 3. The lowest BCUT2D eigenvalue weighted by Crippen LogP contribution is -1.95. The van der Waals surface area contributed by atoms with E-state index >= 15 is 0 Å². The van der Waals surface area contributed by atoms with Crippen molar-refractivity contribution in [1.29, 1.82) is 0 Å².